The van der Waals surface area contributed by atoms with Crippen molar-refractivity contribution in [2.75, 3.05) is 27.2 Å². The van der Waals surface area contributed by atoms with E-state index < -0.39 is 6.04 Å². The van der Waals surface area contributed by atoms with Crippen molar-refractivity contribution in [1.29, 1.82) is 0 Å². The third-order valence-electron chi connectivity index (χ3n) is 7.26. The molecule has 33 heavy (non-hydrogen) atoms. The Bertz CT molecular complexity index is 904. The molecule has 0 bridgehead atoms. The summed E-state index contributed by atoms with van der Waals surface area (Å²) in [6.07, 6.45) is 9.74. The van der Waals surface area contributed by atoms with E-state index in [1.807, 2.05) is 35.2 Å². The summed E-state index contributed by atoms with van der Waals surface area (Å²) in [5.41, 5.74) is 1.60. The zero-order valence-corrected chi connectivity index (χ0v) is 19.6. The van der Waals surface area contributed by atoms with Gasteiger partial charge in [0.2, 0.25) is 0 Å². The average Bonchev–Trinajstić information content (AvgIpc) is 3.38. The minimum Gasteiger partial charge on any atom is -0.348 e. The van der Waals surface area contributed by atoms with Gasteiger partial charge < -0.3 is 15.2 Å². The van der Waals surface area contributed by atoms with Gasteiger partial charge in [0, 0.05) is 50.1 Å². The maximum absolute atomic E-state index is 13.5. The van der Waals surface area contributed by atoms with Crippen LogP contribution < -0.4 is 5.32 Å². The number of piperidine rings is 1. The van der Waals surface area contributed by atoms with Crippen molar-refractivity contribution in [1.82, 2.24) is 25.2 Å². The number of carbonyl (C=O) groups is 2. The van der Waals surface area contributed by atoms with Crippen molar-refractivity contribution < 1.29 is 14.4 Å². The van der Waals surface area contributed by atoms with Crippen molar-refractivity contribution >= 4 is 11.8 Å². The Morgan fingerprint density at radius 1 is 1.24 bits per heavy atom. The van der Waals surface area contributed by atoms with Crippen molar-refractivity contribution in [3.63, 3.8) is 0 Å². The van der Waals surface area contributed by atoms with E-state index in [2.05, 4.69) is 15.3 Å². The second-order valence-electron chi connectivity index (χ2n) is 9.28. The predicted molar refractivity (Wildman–Crippen MR) is 125 cm³/mol. The van der Waals surface area contributed by atoms with Crippen molar-refractivity contribution in [2.45, 2.75) is 50.6 Å². The minimum atomic E-state index is -0.479. The summed E-state index contributed by atoms with van der Waals surface area (Å²) in [5, 5.41) is 4.71. The van der Waals surface area contributed by atoms with Gasteiger partial charge in [-0.15, -0.1) is 0 Å². The van der Waals surface area contributed by atoms with E-state index in [0.717, 1.165) is 24.2 Å². The number of carbonyl (C=O) groups excluding carboxylic acids is 2. The summed E-state index contributed by atoms with van der Waals surface area (Å²) in [6.45, 7) is 1.35. The van der Waals surface area contributed by atoms with Crippen LogP contribution in [0.4, 0.5) is 0 Å². The summed E-state index contributed by atoms with van der Waals surface area (Å²) < 4.78 is 0. The lowest BCUT2D eigenvalue weighted by Gasteiger charge is -2.46. The molecule has 2 aromatic rings. The number of fused-ring (bicyclic) bond motifs is 1. The smallest absolute Gasteiger partial charge is 0.263 e. The molecule has 1 aromatic carbocycles. The first kappa shape index (κ1) is 23.4. The lowest BCUT2D eigenvalue weighted by atomic mass is 9.72. The standard InChI is InChI=1S/C25H35N5O3/c1-29(33-2)25(32)23(13-21-14-26-17-28-21)27-15-22-12-19-10-6-7-11-20(19)16-30(22)24(31)18-8-4-3-5-9-18/h3-5,8-9,14,17,19-20,22-23,27H,6-7,10-13,15-16H2,1-2H3,(H,26,28)/t19-,20-,22+,23?/m1/s1. The van der Waals surface area contributed by atoms with Gasteiger partial charge in [-0.05, 0) is 36.8 Å². The van der Waals surface area contributed by atoms with Gasteiger partial charge in [-0.25, -0.2) is 10.0 Å². The minimum absolute atomic E-state index is 0.0435. The van der Waals surface area contributed by atoms with Gasteiger partial charge in [0.1, 0.15) is 0 Å². The topological polar surface area (TPSA) is 90.6 Å². The summed E-state index contributed by atoms with van der Waals surface area (Å²) >= 11 is 0. The zero-order valence-electron chi connectivity index (χ0n) is 19.6. The SMILES string of the molecule is CON(C)C(=O)C(Cc1cnc[nH]1)NC[C@@H]1C[C@H]2CCCC[C@@H]2CN1C(=O)c1ccccc1. The second kappa shape index (κ2) is 10.9. The number of imidazole rings is 1. The molecule has 1 saturated carbocycles. The maximum Gasteiger partial charge on any atom is 0.263 e. The van der Waals surface area contributed by atoms with Crippen LogP contribution >= 0.6 is 0 Å². The van der Waals surface area contributed by atoms with Crippen molar-refractivity contribution in [3.8, 4) is 0 Å². The Morgan fingerprint density at radius 3 is 2.70 bits per heavy atom. The molecule has 1 aliphatic carbocycles. The van der Waals surface area contributed by atoms with Crippen LogP contribution in [0, 0.1) is 11.8 Å². The highest BCUT2D eigenvalue weighted by Crippen LogP contribution is 2.39. The molecule has 0 spiro atoms. The molecule has 1 aromatic heterocycles. The number of aromatic nitrogens is 2. The lowest BCUT2D eigenvalue weighted by molar-refractivity contribution is -0.171. The summed E-state index contributed by atoms with van der Waals surface area (Å²) in [6, 6.07) is 9.09. The quantitative estimate of drug-likeness (QED) is 0.600. The molecule has 2 fully saturated rings. The number of hydrogen-bond donors (Lipinski definition) is 2. The first-order valence-electron chi connectivity index (χ1n) is 11.9. The van der Waals surface area contributed by atoms with Crippen LogP contribution in [0.5, 0.6) is 0 Å². The molecule has 1 saturated heterocycles. The highest BCUT2D eigenvalue weighted by molar-refractivity contribution is 5.94. The normalized spacial score (nSPS) is 23.6. The summed E-state index contributed by atoms with van der Waals surface area (Å²) in [7, 11) is 3.10. The van der Waals surface area contributed by atoms with E-state index in [4.69, 9.17) is 4.84 Å². The molecule has 8 nitrogen and oxygen atoms in total. The van der Waals surface area contributed by atoms with Crippen molar-refractivity contribution in [2.24, 2.45) is 11.8 Å². The molecule has 178 valence electrons. The van der Waals surface area contributed by atoms with E-state index in [1.165, 1.54) is 37.9 Å². The van der Waals surface area contributed by atoms with Gasteiger partial charge >= 0.3 is 0 Å². The van der Waals surface area contributed by atoms with E-state index >= 15 is 0 Å². The van der Waals surface area contributed by atoms with Crippen LogP contribution in [0.1, 0.15) is 48.2 Å². The van der Waals surface area contributed by atoms with E-state index in [1.54, 1.807) is 19.6 Å². The van der Waals surface area contributed by atoms with Crippen LogP contribution in [-0.4, -0.2) is 71.1 Å². The highest BCUT2D eigenvalue weighted by atomic mass is 16.7. The number of likely N-dealkylation sites (N-methyl/N-ethyl adjacent to an activating group) is 1. The Morgan fingerprint density at radius 2 is 2.00 bits per heavy atom. The lowest BCUT2D eigenvalue weighted by Crippen LogP contribution is -2.56. The molecule has 2 amide bonds. The fourth-order valence-corrected chi connectivity index (χ4v) is 5.35. The molecule has 2 N–H and O–H groups in total. The highest BCUT2D eigenvalue weighted by Gasteiger charge is 2.39. The van der Waals surface area contributed by atoms with Crippen LogP contribution in [0.2, 0.25) is 0 Å². The number of likely N-dealkylation sites (tertiary alicyclic amines) is 1. The third kappa shape index (κ3) is 5.62. The average molecular weight is 454 g/mol. The predicted octanol–water partition coefficient (Wildman–Crippen LogP) is 2.65. The monoisotopic (exact) mass is 453 g/mol. The van der Waals surface area contributed by atoms with Crippen LogP contribution in [-0.2, 0) is 16.1 Å². The van der Waals surface area contributed by atoms with Crippen molar-refractivity contribution in [3.05, 3.63) is 54.1 Å². The number of hydroxylamine groups is 2. The van der Waals surface area contributed by atoms with Crippen LogP contribution in [0.15, 0.2) is 42.9 Å². The number of nitrogens with zero attached hydrogens (tertiary/aromatic N) is 3. The summed E-state index contributed by atoms with van der Waals surface area (Å²) in [5.74, 6) is 1.15. The van der Waals surface area contributed by atoms with Gasteiger partial charge in [-0.3, -0.25) is 14.4 Å². The largest absolute Gasteiger partial charge is 0.348 e. The number of H-pyrrole nitrogens is 1. The number of amides is 2. The molecule has 1 unspecified atom stereocenters. The van der Waals surface area contributed by atoms with Crippen LogP contribution in [0.25, 0.3) is 0 Å². The molecule has 0 radical (unpaired) electrons. The Balaban J connectivity index is 1.51. The van der Waals surface area contributed by atoms with E-state index in [-0.39, 0.29) is 17.9 Å². The first-order valence-corrected chi connectivity index (χ1v) is 11.9. The van der Waals surface area contributed by atoms with E-state index in [9.17, 15) is 9.59 Å². The Kier molecular flexibility index (Phi) is 7.77. The second-order valence-corrected chi connectivity index (χ2v) is 9.28. The molecule has 4 atom stereocenters. The molecule has 1 aliphatic heterocycles. The van der Waals surface area contributed by atoms with Gasteiger partial charge in [0.05, 0.1) is 19.5 Å². The Labute approximate surface area is 195 Å². The molecular formula is C25H35N5O3. The van der Waals surface area contributed by atoms with Gasteiger partial charge in [0.25, 0.3) is 11.8 Å². The van der Waals surface area contributed by atoms with Gasteiger partial charge in [-0.2, -0.15) is 0 Å². The maximum atomic E-state index is 13.5. The number of aromatic amines is 1. The number of benzene rings is 1. The van der Waals surface area contributed by atoms with Gasteiger partial charge in [-0.1, -0.05) is 37.5 Å². The van der Waals surface area contributed by atoms with Crippen LogP contribution in [0.3, 0.4) is 0 Å². The molecular weight excluding hydrogens is 418 g/mol. The number of hydrogen-bond acceptors (Lipinski definition) is 5. The van der Waals surface area contributed by atoms with E-state index in [0.29, 0.717) is 24.8 Å². The zero-order chi connectivity index (χ0) is 23.2. The molecule has 4 rings (SSSR count). The molecule has 2 aliphatic rings. The van der Waals surface area contributed by atoms with Gasteiger partial charge in [0.15, 0.2) is 0 Å². The molecule has 8 heteroatoms. The Hall–Kier alpha value is -2.71. The number of nitrogens with one attached hydrogen (secondary N) is 2. The fourth-order valence-electron chi connectivity index (χ4n) is 5.35. The molecule has 2 heterocycles. The first-order chi connectivity index (χ1) is 16.1. The third-order valence-corrected chi connectivity index (χ3v) is 7.26. The fraction of sp³-hybridized carbons (Fsp3) is 0.560. The number of rotatable bonds is 8. The summed E-state index contributed by atoms with van der Waals surface area (Å²) in [4.78, 5) is 40.8.